The maximum absolute atomic E-state index is 12.0. The lowest BCUT2D eigenvalue weighted by Crippen LogP contribution is -2.09. The fraction of sp³-hybridized carbons (Fsp3) is 0.385. The van der Waals surface area contributed by atoms with Crippen LogP contribution in [-0.4, -0.2) is 22.7 Å². The summed E-state index contributed by atoms with van der Waals surface area (Å²) >= 11 is 0. The number of hydrogen-bond donors (Lipinski definition) is 2. The number of benzene rings is 1. The van der Waals surface area contributed by atoms with Crippen molar-refractivity contribution in [1.29, 1.82) is 0 Å². The van der Waals surface area contributed by atoms with E-state index in [-0.39, 0.29) is 6.42 Å². The summed E-state index contributed by atoms with van der Waals surface area (Å²) in [4.78, 5) is 8.20. The molecule has 2 aromatic rings. The molecule has 0 amide bonds. The topological polar surface area (TPSA) is 63.8 Å². The lowest BCUT2D eigenvalue weighted by atomic mass is 10.2. The second-order valence-electron chi connectivity index (χ2n) is 4.50. The predicted octanol–water partition coefficient (Wildman–Crippen LogP) is 3.36. The van der Waals surface area contributed by atoms with Gasteiger partial charge in [-0.15, -0.1) is 0 Å². The number of nitrogens with zero attached hydrogens (tertiary/aromatic N) is 2. The monoisotopic (exact) mass is 284 g/mol. The van der Waals surface area contributed by atoms with Crippen LogP contribution in [0, 0.1) is 0 Å². The van der Waals surface area contributed by atoms with Crippen LogP contribution >= 0.6 is 0 Å². The molecule has 0 unspecified atom stereocenters. The van der Waals surface area contributed by atoms with Crippen LogP contribution in [0.15, 0.2) is 24.5 Å². The number of fused-ring (bicyclic) bond motifs is 1. The van der Waals surface area contributed by atoms with Crippen LogP contribution in [-0.2, 0) is 0 Å². The number of aromatic nitrogens is 2. The average molecular weight is 284 g/mol. The highest BCUT2D eigenvalue weighted by molar-refractivity contribution is 5.90. The molecule has 1 heterocycles. The molecular weight excluding hydrogens is 269 g/mol. The van der Waals surface area contributed by atoms with Crippen molar-refractivity contribution < 1.29 is 13.2 Å². The second-order valence-corrected chi connectivity index (χ2v) is 4.50. The molecule has 3 N–H and O–H groups in total. The maximum atomic E-state index is 12.0. The number of nitrogens with one attached hydrogen (secondary N) is 1. The van der Waals surface area contributed by atoms with Gasteiger partial charge in [-0.3, -0.25) is 0 Å². The van der Waals surface area contributed by atoms with Crippen molar-refractivity contribution in [2.24, 2.45) is 0 Å². The number of halogens is 3. The third-order valence-corrected chi connectivity index (χ3v) is 2.84. The summed E-state index contributed by atoms with van der Waals surface area (Å²) in [5.74, 6) is 0.613. The molecule has 4 nitrogen and oxygen atoms in total. The van der Waals surface area contributed by atoms with Crippen LogP contribution in [0.2, 0.25) is 0 Å². The smallest absolute Gasteiger partial charge is 0.389 e. The van der Waals surface area contributed by atoms with E-state index in [4.69, 9.17) is 5.73 Å². The highest BCUT2D eigenvalue weighted by atomic mass is 19.4. The summed E-state index contributed by atoms with van der Waals surface area (Å²) < 4.78 is 36.0. The van der Waals surface area contributed by atoms with Crippen molar-refractivity contribution in [1.82, 2.24) is 9.97 Å². The molecule has 1 aromatic carbocycles. The number of nitrogens with two attached hydrogens (primary N) is 1. The Kier molecular flexibility index (Phi) is 4.26. The summed E-state index contributed by atoms with van der Waals surface area (Å²) in [7, 11) is 0. The van der Waals surface area contributed by atoms with Crippen molar-refractivity contribution in [2.45, 2.75) is 25.4 Å². The van der Waals surface area contributed by atoms with Crippen molar-refractivity contribution in [3.05, 3.63) is 24.5 Å². The van der Waals surface area contributed by atoms with Gasteiger partial charge < -0.3 is 11.1 Å². The summed E-state index contributed by atoms with van der Waals surface area (Å²) in [6, 6.07) is 5.26. The van der Waals surface area contributed by atoms with Gasteiger partial charge in [0.1, 0.15) is 12.1 Å². The second kappa shape index (κ2) is 5.94. The molecule has 0 fully saturated rings. The van der Waals surface area contributed by atoms with Gasteiger partial charge in [0.05, 0.1) is 5.52 Å². The van der Waals surface area contributed by atoms with E-state index >= 15 is 0 Å². The van der Waals surface area contributed by atoms with Crippen molar-refractivity contribution >= 4 is 22.4 Å². The summed E-state index contributed by atoms with van der Waals surface area (Å²) in [5, 5.41) is 3.84. The van der Waals surface area contributed by atoms with Crippen molar-refractivity contribution in [3.63, 3.8) is 0 Å². The van der Waals surface area contributed by atoms with E-state index in [9.17, 15) is 13.2 Å². The Hall–Kier alpha value is -2.05. The Balaban J connectivity index is 1.93. The molecule has 0 atom stereocenters. The van der Waals surface area contributed by atoms with E-state index in [1.54, 1.807) is 18.2 Å². The zero-order valence-corrected chi connectivity index (χ0v) is 10.7. The zero-order valence-electron chi connectivity index (χ0n) is 10.7. The molecule has 0 saturated carbocycles. The lowest BCUT2D eigenvalue weighted by Gasteiger charge is -2.09. The molecule has 0 radical (unpaired) electrons. The van der Waals surface area contributed by atoms with Crippen LogP contribution in [0.3, 0.4) is 0 Å². The van der Waals surface area contributed by atoms with Crippen LogP contribution in [0.4, 0.5) is 24.7 Å². The summed E-state index contributed by atoms with van der Waals surface area (Å²) in [5.41, 5.74) is 6.98. The molecule has 1 aromatic heterocycles. The van der Waals surface area contributed by atoms with Crippen molar-refractivity contribution in [2.75, 3.05) is 17.6 Å². The predicted molar refractivity (Wildman–Crippen MR) is 72.3 cm³/mol. The highest BCUT2D eigenvalue weighted by Crippen LogP contribution is 2.23. The van der Waals surface area contributed by atoms with Gasteiger partial charge in [0.15, 0.2) is 0 Å². The Bertz CT molecular complexity index is 583. The Morgan fingerprint density at radius 3 is 2.70 bits per heavy atom. The van der Waals surface area contributed by atoms with Gasteiger partial charge in [-0.1, -0.05) is 0 Å². The van der Waals surface area contributed by atoms with Crippen LogP contribution in [0.1, 0.15) is 19.3 Å². The number of hydrogen-bond acceptors (Lipinski definition) is 4. The molecule has 0 spiro atoms. The number of anilines is 2. The summed E-state index contributed by atoms with van der Waals surface area (Å²) in [6.07, 6.45) is -2.90. The molecule has 7 heteroatoms. The van der Waals surface area contributed by atoms with Gasteiger partial charge in [0.2, 0.25) is 0 Å². The van der Waals surface area contributed by atoms with Gasteiger partial charge in [-0.05, 0) is 31.0 Å². The van der Waals surface area contributed by atoms with E-state index in [1.165, 1.54) is 6.33 Å². The summed E-state index contributed by atoms with van der Waals surface area (Å²) in [6.45, 7) is 0.437. The molecule has 0 aliphatic heterocycles. The van der Waals surface area contributed by atoms with Gasteiger partial charge in [-0.25, -0.2) is 9.97 Å². The Morgan fingerprint density at radius 1 is 1.15 bits per heavy atom. The lowest BCUT2D eigenvalue weighted by molar-refractivity contribution is -0.135. The molecule has 108 valence electrons. The first kappa shape index (κ1) is 14.4. The number of nitrogen functional groups attached to an aromatic ring is 1. The fourth-order valence-electron chi connectivity index (χ4n) is 1.87. The molecule has 0 bridgehead atoms. The molecule has 0 aliphatic carbocycles. The zero-order chi connectivity index (χ0) is 14.6. The number of rotatable bonds is 5. The molecular formula is C13H15F3N4. The third kappa shape index (κ3) is 3.97. The van der Waals surface area contributed by atoms with E-state index in [1.807, 2.05) is 0 Å². The highest BCUT2D eigenvalue weighted by Gasteiger charge is 2.25. The van der Waals surface area contributed by atoms with Gasteiger partial charge in [0, 0.05) is 24.0 Å². The van der Waals surface area contributed by atoms with Gasteiger partial charge >= 0.3 is 6.18 Å². The average Bonchev–Trinajstić information content (AvgIpc) is 2.36. The standard InChI is InChI=1S/C13H15F3N4/c14-13(15,16)5-1-2-6-18-12-10-4-3-9(17)7-11(10)19-8-20-12/h3-4,7-8H,1-2,5-6,17H2,(H,18,19,20). The van der Waals surface area contributed by atoms with E-state index in [0.717, 1.165) is 5.39 Å². The van der Waals surface area contributed by atoms with Crippen LogP contribution in [0.5, 0.6) is 0 Å². The fourth-order valence-corrected chi connectivity index (χ4v) is 1.87. The van der Waals surface area contributed by atoms with E-state index < -0.39 is 12.6 Å². The number of unbranched alkanes of at least 4 members (excludes halogenated alkanes) is 1. The first-order chi connectivity index (χ1) is 9.46. The van der Waals surface area contributed by atoms with E-state index in [2.05, 4.69) is 15.3 Å². The molecule has 2 rings (SSSR count). The quantitative estimate of drug-likeness (QED) is 0.652. The number of alkyl halides is 3. The SMILES string of the molecule is Nc1ccc2c(NCCCCC(F)(F)F)ncnc2c1. The molecule has 0 aliphatic rings. The first-order valence-electron chi connectivity index (χ1n) is 6.26. The third-order valence-electron chi connectivity index (χ3n) is 2.84. The molecule has 20 heavy (non-hydrogen) atoms. The first-order valence-corrected chi connectivity index (χ1v) is 6.26. The van der Waals surface area contributed by atoms with Gasteiger partial charge in [0.25, 0.3) is 0 Å². The van der Waals surface area contributed by atoms with E-state index in [0.29, 0.717) is 30.0 Å². The Morgan fingerprint density at radius 2 is 1.95 bits per heavy atom. The van der Waals surface area contributed by atoms with Crippen LogP contribution < -0.4 is 11.1 Å². The largest absolute Gasteiger partial charge is 0.399 e. The minimum absolute atomic E-state index is 0.104. The minimum Gasteiger partial charge on any atom is -0.399 e. The van der Waals surface area contributed by atoms with Gasteiger partial charge in [-0.2, -0.15) is 13.2 Å². The van der Waals surface area contributed by atoms with Crippen LogP contribution in [0.25, 0.3) is 10.9 Å². The minimum atomic E-state index is -4.08. The van der Waals surface area contributed by atoms with Crippen molar-refractivity contribution in [3.8, 4) is 0 Å². The maximum Gasteiger partial charge on any atom is 0.389 e. The Labute approximate surface area is 114 Å². The molecule has 0 saturated heterocycles. The normalized spacial score (nSPS) is 11.8.